The van der Waals surface area contributed by atoms with E-state index < -0.39 is 0 Å². The third kappa shape index (κ3) is 3.17. The highest BCUT2D eigenvalue weighted by Gasteiger charge is 2.42. The summed E-state index contributed by atoms with van der Waals surface area (Å²) in [5.74, 6) is 1.07. The molecule has 2 heteroatoms. The van der Waals surface area contributed by atoms with Gasteiger partial charge in [0.1, 0.15) is 0 Å². The van der Waals surface area contributed by atoms with Crippen molar-refractivity contribution in [3.8, 4) is 0 Å². The topological polar surface area (TPSA) is 3.24 Å². The summed E-state index contributed by atoms with van der Waals surface area (Å²) in [6, 6.07) is 0.692. The Labute approximate surface area is 88.3 Å². The Balaban J connectivity index is 2.38. The Morgan fingerprint density at radius 2 is 2.00 bits per heavy atom. The Morgan fingerprint density at radius 1 is 1.38 bits per heavy atom. The van der Waals surface area contributed by atoms with Crippen molar-refractivity contribution < 1.29 is 0 Å². The molecule has 0 heterocycles. The number of rotatable bonds is 6. The average molecular weight is 201 g/mol. The molecule has 0 aromatic rings. The van der Waals surface area contributed by atoms with Crippen LogP contribution >= 0.6 is 12.6 Å². The van der Waals surface area contributed by atoms with E-state index >= 15 is 0 Å². The van der Waals surface area contributed by atoms with E-state index in [4.69, 9.17) is 0 Å². The number of nitrogens with zero attached hydrogens (tertiary/aromatic N) is 1. The van der Waals surface area contributed by atoms with Crippen LogP contribution in [-0.4, -0.2) is 29.8 Å². The van der Waals surface area contributed by atoms with Gasteiger partial charge in [-0.2, -0.15) is 12.6 Å². The summed E-state index contributed by atoms with van der Waals surface area (Å²) in [5, 5.41) is 0. The SMILES string of the molecule is CCCN(CC1(CS)CC1)C(C)C. The summed E-state index contributed by atoms with van der Waals surface area (Å²) in [6.07, 6.45) is 4.05. The van der Waals surface area contributed by atoms with E-state index in [1.54, 1.807) is 0 Å². The lowest BCUT2D eigenvalue weighted by Gasteiger charge is -2.29. The minimum atomic E-state index is 0.586. The van der Waals surface area contributed by atoms with Crippen molar-refractivity contribution in [2.45, 2.75) is 46.1 Å². The highest BCUT2D eigenvalue weighted by Crippen LogP contribution is 2.47. The van der Waals surface area contributed by atoms with Crippen LogP contribution in [0.1, 0.15) is 40.0 Å². The van der Waals surface area contributed by atoms with Crippen molar-refractivity contribution in [1.82, 2.24) is 4.90 Å². The minimum Gasteiger partial charge on any atom is -0.300 e. The molecule has 0 aliphatic heterocycles. The second-order valence-corrected chi connectivity index (χ2v) is 5.04. The normalized spacial score (nSPS) is 19.8. The molecule has 0 N–H and O–H groups in total. The standard InChI is InChI=1S/C11H23NS/c1-4-7-12(10(2)3)8-11(9-13)5-6-11/h10,13H,4-9H2,1-3H3. The molecule has 0 saturated heterocycles. The Hall–Kier alpha value is 0.310. The van der Waals surface area contributed by atoms with Crippen molar-refractivity contribution in [2.24, 2.45) is 5.41 Å². The highest BCUT2D eigenvalue weighted by atomic mass is 32.1. The van der Waals surface area contributed by atoms with Gasteiger partial charge in [-0.15, -0.1) is 0 Å². The van der Waals surface area contributed by atoms with Crippen molar-refractivity contribution in [3.63, 3.8) is 0 Å². The van der Waals surface area contributed by atoms with Gasteiger partial charge in [0.25, 0.3) is 0 Å². The summed E-state index contributed by atoms with van der Waals surface area (Å²) < 4.78 is 0. The molecule has 78 valence electrons. The Morgan fingerprint density at radius 3 is 2.31 bits per heavy atom. The van der Waals surface area contributed by atoms with Crippen molar-refractivity contribution in [2.75, 3.05) is 18.8 Å². The molecule has 0 unspecified atom stereocenters. The lowest BCUT2D eigenvalue weighted by molar-refractivity contribution is 0.186. The minimum absolute atomic E-state index is 0.586. The molecular formula is C11H23NS. The van der Waals surface area contributed by atoms with E-state index in [0.717, 1.165) is 5.75 Å². The largest absolute Gasteiger partial charge is 0.300 e. The van der Waals surface area contributed by atoms with Crippen LogP contribution in [0.15, 0.2) is 0 Å². The van der Waals surface area contributed by atoms with E-state index in [1.165, 1.54) is 32.4 Å². The predicted octanol–water partition coefficient (Wildman–Crippen LogP) is 2.82. The molecule has 0 aromatic heterocycles. The second-order valence-electron chi connectivity index (χ2n) is 4.72. The van der Waals surface area contributed by atoms with Gasteiger partial charge in [-0.3, -0.25) is 0 Å². The summed E-state index contributed by atoms with van der Waals surface area (Å²) in [7, 11) is 0. The van der Waals surface area contributed by atoms with Crippen molar-refractivity contribution in [1.29, 1.82) is 0 Å². The first kappa shape index (κ1) is 11.4. The maximum absolute atomic E-state index is 4.45. The van der Waals surface area contributed by atoms with Gasteiger partial charge in [-0.1, -0.05) is 6.92 Å². The van der Waals surface area contributed by atoms with E-state index in [9.17, 15) is 0 Å². The zero-order chi connectivity index (χ0) is 9.90. The van der Waals surface area contributed by atoms with Crippen LogP contribution in [0.3, 0.4) is 0 Å². The summed E-state index contributed by atoms with van der Waals surface area (Å²) in [5.41, 5.74) is 0.586. The average Bonchev–Trinajstić information content (AvgIpc) is 2.85. The Kier molecular flexibility index (Phi) is 4.11. The molecule has 0 amide bonds. The van der Waals surface area contributed by atoms with Gasteiger partial charge in [0.05, 0.1) is 0 Å². The van der Waals surface area contributed by atoms with Crippen LogP contribution in [0, 0.1) is 5.41 Å². The number of thiol groups is 1. The first-order chi connectivity index (χ1) is 6.13. The molecule has 0 spiro atoms. The second kappa shape index (κ2) is 4.70. The van der Waals surface area contributed by atoms with Gasteiger partial charge in [0, 0.05) is 12.6 Å². The third-order valence-electron chi connectivity index (χ3n) is 3.07. The number of hydrogen-bond acceptors (Lipinski definition) is 2. The molecule has 1 aliphatic rings. The van der Waals surface area contributed by atoms with Gasteiger partial charge in [-0.05, 0) is 50.8 Å². The maximum Gasteiger partial charge on any atom is 0.00485 e. The molecule has 1 rings (SSSR count). The fourth-order valence-electron chi connectivity index (χ4n) is 1.78. The smallest absolute Gasteiger partial charge is 0.00485 e. The summed E-state index contributed by atoms with van der Waals surface area (Å²) in [6.45, 7) is 9.36. The number of hydrogen-bond donors (Lipinski definition) is 1. The highest BCUT2D eigenvalue weighted by molar-refractivity contribution is 7.80. The van der Waals surface area contributed by atoms with Gasteiger partial charge in [0.15, 0.2) is 0 Å². The third-order valence-corrected chi connectivity index (χ3v) is 3.74. The van der Waals surface area contributed by atoms with Gasteiger partial charge in [-0.25, -0.2) is 0 Å². The predicted molar refractivity (Wildman–Crippen MR) is 62.5 cm³/mol. The van der Waals surface area contributed by atoms with Crippen LogP contribution in [0.2, 0.25) is 0 Å². The van der Waals surface area contributed by atoms with Crippen molar-refractivity contribution in [3.05, 3.63) is 0 Å². The van der Waals surface area contributed by atoms with Gasteiger partial charge < -0.3 is 4.90 Å². The van der Waals surface area contributed by atoms with Crippen LogP contribution in [0.25, 0.3) is 0 Å². The van der Waals surface area contributed by atoms with E-state index in [2.05, 4.69) is 38.3 Å². The molecule has 0 aromatic carbocycles. The molecule has 1 saturated carbocycles. The first-order valence-corrected chi connectivity index (χ1v) is 6.12. The Bertz CT molecular complexity index is 152. The monoisotopic (exact) mass is 201 g/mol. The van der Waals surface area contributed by atoms with E-state index in [-0.39, 0.29) is 0 Å². The molecule has 13 heavy (non-hydrogen) atoms. The van der Waals surface area contributed by atoms with E-state index in [1.807, 2.05) is 0 Å². The zero-order valence-electron chi connectivity index (χ0n) is 9.21. The first-order valence-electron chi connectivity index (χ1n) is 5.48. The van der Waals surface area contributed by atoms with Crippen LogP contribution in [0.4, 0.5) is 0 Å². The summed E-state index contributed by atoms with van der Waals surface area (Å²) >= 11 is 4.45. The molecule has 0 atom stereocenters. The summed E-state index contributed by atoms with van der Waals surface area (Å²) in [4.78, 5) is 2.60. The fraction of sp³-hybridized carbons (Fsp3) is 1.00. The zero-order valence-corrected chi connectivity index (χ0v) is 10.1. The van der Waals surface area contributed by atoms with Gasteiger partial charge in [0.2, 0.25) is 0 Å². The van der Waals surface area contributed by atoms with Crippen LogP contribution < -0.4 is 0 Å². The molecule has 1 nitrogen and oxygen atoms in total. The molecule has 0 radical (unpaired) electrons. The van der Waals surface area contributed by atoms with Crippen LogP contribution in [-0.2, 0) is 0 Å². The quantitative estimate of drug-likeness (QED) is 0.647. The van der Waals surface area contributed by atoms with Crippen LogP contribution in [0.5, 0.6) is 0 Å². The van der Waals surface area contributed by atoms with Gasteiger partial charge >= 0.3 is 0 Å². The van der Waals surface area contributed by atoms with E-state index in [0.29, 0.717) is 11.5 Å². The lowest BCUT2D eigenvalue weighted by Crippen LogP contribution is -2.37. The molecule has 1 fully saturated rings. The molecule has 1 aliphatic carbocycles. The maximum atomic E-state index is 4.45. The molecular weight excluding hydrogens is 178 g/mol. The molecule has 0 bridgehead atoms. The lowest BCUT2D eigenvalue weighted by atomic mass is 10.1. The van der Waals surface area contributed by atoms with Crippen molar-refractivity contribution >= 4 is 12.6 Å². The fourth-order valence-corrected chi connectivity index (χ4v) is 2.20.